The van der Waals surface area contributed by atoms with Gasteiger partial charge in [-0.15, -0.1) is 0 Å². The van der Waals surface area contributed by atoms with Gasteiger partial charge >= 0.3 is 5.97 Å². The van der Waals surface area contributed by atoms with E-state index < -0.39 is 22.0 Å². The molecule has 0 aliphatic carbocycles. The summed E-state index contributed by atoms with van der Waals surface area (Å²) in [6, 6.07) is -1.15. The van der Waals surface area contributed by atoms with Crippen LogP contribution in [0.4, 0.5) is 0 Å². The summed E-state index contributed by atoms with van der Waals surface area (Å²) in [4.78, 5) is 11.2. The molecule has 0 amide bonds. The van der Waals surface area contributed by atoms with Gasteiger partial charge < -0.3 is 5.11 Å². The molecule has 8 heteroatoms. The summed E-state index contributed by atoms with van der Waals surface area (Å²) in [5.41, 5.74) is 0.918. The van der Waals surface area contributed by atoms with Crippen molar-refractivity contribution in [1.82, 2.24) is 14.1 Å². The second-order valence-electron chi connectivity index (χ2n) is 4.60. The van der Waals surface area contributed by atoms with Crippen molar-refractivity contribution in [3.05, 3.63) is 23.5 Å². The zero-order chi connectivity index (χ0) is 15.1. The minimum Gasteiger partial charge on any atom is -0.480 e. The standard InChI is InChI=1S/C12H17N3O4S/c1-4-14-9(3)11(8(2)13-14)20(18,19)15-7-5-6-10(15)12(16)17/h5-6,10H,4,7H2,1-3H3,(H,16,17). The normalized spacial score (nSPS) is 19.6. The van der Waals surface area contributed by atoms with Gasteiger partial charge in [0.1, 0.15) is 10.9 Å². The van der Waals surface area contributed by atoms with Crippen molar-refractivity contribution in [2.24, 2.45) is 0 Å². The average Bonchev–Trinajstić information content (AvgIpc) is 2.94. The topological polar surface area (TPSA) is 92.5 Å². The SMILES string of the molecule is CCn1nc(C)c(S(=O)(=O)N2CC=CC2C(=O)O)c1C. The Labute approximate surface area is 117 Å². The molecule has 20 heavy (non-hydrogen) atoms. The zero-order valence-electron chi connectivity index (χ0n) is 11.6. The largest absolute Gasteiger partial charge is 0.480 e. The fourth-order valence-corrected chi connectivity index (χ4v) is 4.30. The van der Waals surface area contributed by atoms with Crippen LogP contribution >= 0.6 is 0 Å². The van der Waals surface area contributed by atoms with Crippen LogP contribution < -0.4 is 0 Å². The maximum atomic E-state index is 12.7. The Hall–Kier alpha value is -1.67. The van der Waals surface area contributed by atoms with Crippen LogP contribution in [0.25, 0.3) is 0 Å². The molecule has 110 valence electrons. The lowest BCUT2D eigenvalue weighted by molar-refractivity contribution is -0.139. The molecule has 0 radical (unpaired) electrons. The molecule has 0 saturated carbocycles. The average molecular weight is 299 g/mol. The number of sulfonamides is 1. The molecule has 1 aromatic heterocycles. The molecule has 0 bridgehead atoms. The molecule has 1 aliphatic rings. The number of aryl methyl sites for hydroxylation is 2. The zero-order valence-corrected chi connectivity index (χ0v) is 12.4. The van der Waals surface area contributed by atoms with Crippen molar-refractivity contribution in [3.63, 3.8) is 0 Å². The highest BCUT2D eigenvalue weighted by molar-refractivity contribution is 7.89. The van der Waals surface area contributed by atoms with Crippen LogP contribution in [0.3, 0.4) is 0 Å². The molecule has 0 saturated heterocycles. The Morgan fingerprint density at radius 3 is 2.65 bits per heavy atom. The van der Waals surface area contributed by atoms with E-state index in [0.29, 0.717) is 17.9 Å². The summed E-state index contributed by atoms with van der Waals surface area (Å²) in [5, 5.41) is 13.3. The number of hydrogen-bond donors (Lipinski definition) is 1. The molecule has 1 aliphatic heterocycles. The van der Waals surface area contributed by atoms with Crippen molar-refractivity contribution >= 4 is 16.0 Å². The number of carbonyl (C=O) groups is 1. The van der Waals surface area contributed by atoms with Crippen LogP contribution in [0, 0.1) is 13.8 Å². The molecule has 0 spiro atoms. The number of aliphatic carboxylic acids is 1. The molecule has 1 N–H and O–H groups in total. The van der Waals surface area contributed by atoms with E-state index in [2.05, 4.69) is 5.10 Å². The predicted molar refractivity (Wildman–Crippen MR) is 71.8 cm³/mol. The molecule has 1 unspecified atom stereocenters. The van der Waals surface area contributed by atoms with E-state index in [1.807, 2.05) is 6.92 Å². The Morgan fingerprint density at radius 1 is 1.50 bits per heavy atom. The van der Waals surface area contributed by atoms with Gasteiger partial charge in [-0.05, 0) is 20.8 Å². The van der Waals surface area contributed by atoms with E-state index >= 15 is 0 Å². The Bertz CT molecular complexity index is 675. The molecule has 2 heterocycles. The lowest BCUT2D eigenvalue weighted by Gasteiger charge is -2.21. The lowest BCUT2D eigenvalue weighted by atomic mass is 10.3. The Morgan fingerprint density at radius 2 is 2.15 bits per heavy atom. The second-order valence-corrected chi connectivity index (χ2v) is 6.43. The second kappa shape index (κ2) is 5.02. The van der Waals surface area contributed by atoms with Gasteiger partial charge in [0.15, 0.2) is 0 Å². The van der Waals surface area contributed by atoms with E-state index in [4.69, 9.17) is 5.11 Å². The van der Waals surface area contributed by atoms with Crippen molar-refractivity contribution < 1.29 is 18.3 Å². The summed E-state index contributed by atoms with van der Waals surface area (Å²) < 4.78 is 28.0. The first-order valence-corrected chi connectivity index (χ1v) is 7.70. The molecule has 0 fully saturated rings. The van der Waals surface area contributed by atoms with Gasteiger partial charge in [-0.1, -0.05) is 12.2 Å². The summed E-state index contributed by atoms with van der Waals surface area (Å²) in [5.74, 6) is -1.18. The van der Waals surface area contributed by atoms with Gasteiger partial charge in [0.05, 0.1) is 11.4 Å². The molecular formula is C12H17N3O4S. The molecule has 7 nitrogen and oxygen atoms in total. The summed E-state index contributed by atoms with van der Waals surface area (Å²) >= 11 is 0. The van der Waals surface area contributed by atoms with E-state index in [1.165, 1.54) is 6.08 Å². The van der Waals surface area contributed by atoms with Gasteiger partial charge in [0.25, 0.3) is 0 Å². The van der Waals surface area contributed by atoms with Crippen molar-refractivity contribution in [1.29, 1.82) is 0 Å². The number of aromatic nitrogens is 2. The minimum atomic E-state index is -3.88. The van der Waals surface area contributed by atoms with Gasteiger partial charge in [-0.25, -0.2) is 8.42 Å². The third-order valence-corrected chi connectivity index (χ3v) is 5.45. The Balaban J connectivity index is 2.52. The summed E-state index contributed by atoms with van der Waals surface area (Å²) in [7, 11) is -3.88. The van der Waals surface area contributed by atoms with Crippen molar-refractivity contribution in [2.45, 2.75) is 38.3 Å². The molecular weight excluding hydrogens is 282 g/mol. The number of hydrogen-bond acceptors (Lipinski definition) is 4. The van der Waals surface area contributed by atoms with Crippen LogP contribution in [0.5, 0.6) is 0 Å². The minimum absolute atomic E-state index is 0.0650. The highest BCUT2D eigenvalue weighted by Crippen LogP contribution is 2.27. The van der Waals surface area contributed by atoms with Crippen LogP contribution in [0.1, 0.15) is 18.3 Å². The van der Waals surface area contributed by atoms with Crippen LogP contribution in [-0.2, 0) is 21.4 Å². The number of rotatable bonds is 4. The van der Waals surface area contributed by atoms with Crippen molar-refractivity contribution in [3.8, 4) is 0 Å². The van der Waals surface area contributed by atoms with E-state index in [1.54, 1.807) is 24.6 Å². The quantitative estimate of drug-likeness (QED) is 0.819. The lowest BCUT2D eigenvalue weighted by Crippen LogP contribution is -2.41. The van der Waals surface area contributed by atoms with Gasteiger partial charge in [-0.3, -0.25) is 9.48 Å². The van der Waals surface area contributed by atoms with Gasteiger partial charge in [-0.2, -0.15) is 9.40 Å². The smallest absolute Gasteiger partial charge is 0.326 e. The maximum absolute atomic E-state index is 12.7. The van der Waals surface area contributed by atoms with Gasteiger partial charge in [0, 0.05) is 13.1 Å². The van der Waals surface area contributed by atoms with E-state index in [-0.39, 0.29) is 11.4 Å². The van der Waals surface area contributed by atoms with Gasteiger partial charge in [0.2, 0.25) is 10.0 Å². The Kier molecular flexibility index (Phi) is 3.70. The summed E-state index contributed by atoms with van der Waals surface area (Å²) in [6.07, 6.45) is 2.93. The fourth-order valence-electron chi connectivity index (χ4n) is 2.44. The first kappa shape index (κ1) is 14.7. The first-order valence-electron chi connectivity index (χ1n) is 6.26. The van der Waals surface area contributed by atoms with Crippen LogP contribution in [-0.4, -0.2) is 46.2 Å². The number of nitrogens with zero attached hydrogens (tertiary/aromatic N) is 3. The van der Waals surface area contributed by atoms with Crippen LogP contribution in [0.15, 0.2) is 17.0 Å². The third-order valence-electron chi connectivity index (χ3n) is 3.35. The molecule has 2 rings (SSSR count). The third kappa shape index (κ3) is 2.14. The maximum Gasteiger partial charge on any atom is 0.326 e. The monoisotopic (exact) mass is 299 g/mol. The highest BCUT2D eigenvalue weighted by atomic mass is 32.2. The number of carboxylic acid groups (broad SMARTS) is 1. The van der Waals surface area contributed by atoms with E-state index in [9.17, 15) is 13.2 Å². The van der Waals surface area contributed by atoms with E-state index in [0.717, 1.165) is 4.31 Å². The molecule has 1 aromatic rings. The molecule has 1 atom stereocenters. The number of carboxylic acids is 1. The van der Waals surface area contributed by atoms with Crippen molar-refractivity contribution in [2.75, 3.05) is 6.54 Å². The fraction of sp³-hybridized carbons (Fsp3) is 0.500. The highest BCUT2D eigenvalue weighted by Gasteiger charge is 2.39. The van der Waals surface area contributed by atoms with Crippen LogP contribution in [0.2, 0.25) is 0 Å². The predicted octanol–water partition coefficient (Wildman–Crippen LogP) is 0.534. The first-order chi connectivity index (χ1) is 9.30. The molecule has 0 aromatic carbocycles. The summed E-state index contributed by atoms with van der Waals surface area (Å²) in [6.45, 7) is 5.78.